The molecule has 6 heteroatoms. The summed E-state index contributed by atoms with van der Waals surface area (Å²) in [7, 11) is 3.38. The first-order chi connectivity index (χ1) is 18.5. The molecule has 2 aliphatic rings. The molecule has 0 bridgehead atoms. The van der Waals surface area contributed by atoms with Crippen LogP contribution in [-0.4, -0.2) is 51.3 Å². The van der Waals surface area contributed by atoms with Gasteiger partial charge >= 0.3 is 0 Å². The van der Waals surface area contributed by atoms with Gasteiger partial charge in [0, 0.05) is 0 Å². The van der Waals surface area contributed by atoms with Gasteiger partial charge in [-0.1, -0.05) is 48.5 Å². The second kappa shape index (κ2) is 10.0. The zero-order valence-corrected chi connectivity index (χ0v) is 22.2. The molecule has 0 spiro atoms. The Bertz CT molecular complexity index is 1440. The van der Waals surface area contributed by atoms with E-state index in [1.807, 2.05) is 12.1 Å². The Labute approximate surface area is 222 Å². The fourth-order valence-electron chi connectivity index (χ4n) is 5.25. The number of rotatable bonds is 7. The maximum atomic E-state index is 6.09. The minimum absolute atomic E-state index is 0.0362. The molecule has 4 aromatic carbocycles. The fraction of sp³-hybridized carbons (Fsp3) is 0.312. The molecule has 0 saturated carbocycles. The minimum Gasteiger partial charge on any atom is -0.497 e. The highest BCUT2D eigenvalue weighted by Crippen LogP contribution is 2.31. The first-order valence-electron chi connectivity index (χ1n) is 13.1. The van der Waals surface area contributed by atoms with Gasteiger partial charge in [0.15, 0.2) is 11.8 Å². The first kappa shape index (κ1) is 24.3. The van der Waals surface area contributed by atoms with Crippen LogP contribution in [0.4, 0.5) is 0 Å². The summed E-state index contributed by atoms with van der Waals surface area (Å²) in [6.07, 6.45) is 0. The van der Waals surface area contributed by atoms with Crippen molar-refractivity contribution in [2.24, 2.45) is 9.98 Å². The Kier molecular flexibility index (Phi) is 6.40. The second-order valence-corrected chi connectivity index (χ2v) is 10.1. The summed E-state index contributed by atoms with van der Waals surface area (Å²) in [5.41, 5.74) is 2.35. The van der Waals surface area contributed by atoms with E-state index in [4.69, 9.17) is 28.9 Å². The highest BCUT2D eigenvalue weighted by molar-refractivity contribution is 5.90. The zero-order chi connectivity index (χ0) is 26.2. The molecule has 38 heavy (non-hydrogen) atoms. The van der Waals surface area contributed by atoms with Crippen LogP contribution in [0.25, 0.3) is 21.5 Å². The van der Waals surface area contributed by atoms with Gasteiger partial charge in [0.25, 0.3) is 0 Å². The van der Waals surface area contributed by atoms with Crippen molar-refractivity contribution in [1.29, 1.82) is 0 Å². The number of nitrogens with zero attached hydrogens (tertiary/aromatic N) is 2. The van der Waals surface area contributed by atoms with Crippen molar-refractivity contribution in [3.63, 3.8) is 0 Å². The van der Waals surface area contributed by atoms with E-state index in [1.54, 1.807) is 14.2 Å². The first-order valence-corrected chi connectivity index (χ1v) is 13.1. The number of methoxy groups -OCH3 is 2. The van der Waals surface area contributed by atoms with E-state index in [0.717, 1.165) is 34.1 Å². The van der Waals surface area contributed by atoms with Gasteiger partial charge in [-0.3, -0.25) is 0 Å². The summed E-state index contributed by atoms with van der Waals surface area (Å²) in [5, 5.41) is 4.64. The van der Waals surface area contributed by atoms with E-state index in [1.165, 1.54) is 21.9 Å². The van der Waals surface area contributed by atoms with Crippen LogP contribution in [0.15, 0.2) is 82.8 Å². The molecule has 0 fully saturated rings. The van der Waals surface area contributed by atoms with Crippen molar-refractivity contribution in [3.05, 3.63) is 83.9 Å². The minimum atomic E-state index is -0.0362. The van der Waals surface area contributed by atoms with Gasteiger partial charge in [-0.05, 0) is 70.8 Å². The van der Waals surface area contributed by atoms with Crippen LogP contribution < -0.4 is 9.47 Å². The third-order valence-electron chi connectivity index (χ3n) is 7.72. The zero-order valence-electron chi connectivity index (χ0n) is 22.2. The number of fused-ring (bicyclic) bond motifs is 2. The molecule has 0 amide bonds. The van der Waals surface area contributed by atoms with Crippen molar-refractivity contribution in [2.75, 3.05) is 27.4 Å². The summed E-state index contributed by atoms with van der Waals surface area (Å²) in [4.78, 5) is 9.91. The molecule has 2 heterocycles. The van der Waals surface area contributed by atoms with Crippen LogP contribution in [0, 0.1) is 0 Å². The predicted molar refractivity (Wildman–Crippen MR) is 152 cm³/mol. The molecule has 6 rings (SSSR count). The maximum absolute atomic E-state index is 6.09. The number of hydrogen-bond acceptors (Lipinski definition) is 6. The maximum Gasteiger partial charge on any atom is 0.191 e. The molecular formula is C32H32N2O4. The van der Waals surface area contributed by atoms with Gasteiger partial charge in [0.05, 0.1) is 26.1 Å². The third kappa shape index (κ3) is 4.55. The van der Waals surface area contributed by atoms with E-state index < -0.39 is 0 Å². The normalized spacial score (nSPS) is 20.4. The molecule has 0 saturated heterocycles. The molecule has 0 N–H and O–H groups in total. The predicted octanol–water partition coefficient (Wildman–Crippen LogP) is 6.51. The van der Waals surface area contributed by atoms with Crippen LogP contribution in [0.5, 0.6) is 11.5 Å². The number of hydrogen-bond donors (Lipinski definition) is 0. The van der Waals surface area contributed by atoms with Crippen molar-refractivity contribution < 1.29 is 18.9 Å². The summed E-state index contributed by atoms with van der Waals surface area (Å²) >= 11 is 0. The van der Waals surface area contributed by atoms with Gasteiger partial charge in [-0.25, -0.2) is 9.98 Å². The van der Waals surface area contributed by atoms with E-state index in [9.17, 15) is 0 Å². The lowest BCUT2D eigenvalue weighted by Crippen LogP contribution is -2.25. The Morgan fingerprint density at radius 3 is 1.42 bits per heavy atom. The van der Waals surface area contributed by atoms with Crippen LogP contribution in [0.2, 0.25) is 0 Å². The Morgan fingerprint density at radius 1 is 0.605 bits per heavy atom. The molecule has 0 aliphatic carbocycles. The van der Waals surface area contributed by atoms with E-state index >= 15 is 0 Å². The third-order valence-corrected chi connectivity index (χ3v) is 7.72. The highest BCUT2D eigenvalue weighted by atomic mass is 16.5. The summed E-state index contributed by atoms with van der Waals surface area (Å²) < 4.78 is 22.9. The molecule has 0 radical (unpaired) electrons. The molecule has 194 valence electrons. The summed E-state index contributed by atoms with van der Waals surface area (Å²) in [5.74, 6) is 3.38. The summed E-state index contributed by atoms with van der Waals surface area (Å²) in [6.45, 7) is 5.34. The number of ether oxygens (including phenoxy) is 4. The second-order valence-electron chi connectivity index (χ2n) is 10.1. The average molecular weight is 509 g/mol. The van der Waals surface area contributed by atoms with Gasteiger partial charge in [-0.15, -0.1) is 0 Å². The standard InChI is InChI=1S/C32H32N2O4/c1-19(21-5-7-25-15-27(35-3)11-9-23(25)13-21)31-33-29(17-37-31)30-18-38-32(34-30)20(2)22-6-8-26-16-28(36-4)12-10-24(26)14-22/h5-16,19-20,29-30H,17-18H2,1-4H3/t19-,20-,29-,30-/m0/s1. The molecule has 4 atom stereocenters. The molecule has 4 aromatic rings. The average Bonchev–Trinajstić information content (AvgIpc) is 3.66. The smallest absolute Gasteiger partial charge is 0.191 e. The fourth-order valence-corrected chi connectivity index (χ4v) is 5.25. The molecule has 6 nitrogen and oxygen atoms in total. The Hall–Kier alpha value is -4.06. The molecule has 0 unspecified atom stereocenters. The SMILES string of the molecule is COc1ccc2cc([C@H](C)C3=N[C@H]([C@@H]4COC([C@@H](C)c5ccc6cc(OC)ccc6c5)=N4)CO3)ccc2c1. The van der Waals surface area contributed by atoms with Gasteiger partial charge in [0.1, 0.15) is 36.8 Å². The van der Waals surface area contributed by atoms with Crippen molar-refractivity contribution in [1.82, 2.24) is 0 Å². The van der Waals surface area contributed by atoms with E-state index in [0.29, 0.717) is 13.2 Å². The van der Waals surface area contributed by atoms with Gasteiger partial charge < -0.3 is 18.9 Å². The van der Waals surface area contributed by atoms with E-state index in [-0.39, 0.29) is 23.9 Å². The lowest BCUT2D eigenvalue weighted by Gasteiger charge is -2.12. The van der Waals surface area contributed by atoms with Crippen LogP contribution in [0.1, 0.15) is 36.8 Å². The molecule has 0 aromatic heterocycles. The summed E-state index contributed by atoms with van der Waals surface area (Å²) in [6, 6.07) is 25.1. The number of benzene rings is 4. The number of aliphatic imine (C=N–C) groups is 2. The quantitative estimate of drug-likeness (QED) is 0.285. The largest absolute Gasteiger partial charge is 0.497 e. The topological polar surface area (TPSA) is 61.6 Å². The van der Waals surface area contributed by atoms with Gasteiger partial charge in [0.2, 0.25) is 0 Å². The van der Waals surface area contributed by atoms with Crippen molar-refractivity contribution in [2.45, 2.75) is 37.8 Å². The molecular weight excluding hydrogens is 476 g/mol. The van der Waals surface area contributed by atoms with Crippen LogP contribution in [0.3, 0.4) is 0 Å². The van der Waals surface area contributed by atoms with Crippen LogP contribution >= 0.6 is 0 Å². The highest BCUT2D eigenvalue weighted by Gasteiger charge is 2.35. The lowest BCUT2D eigenvalue weighted by atomic mass is 9.97. The lowest BCUT2D eigenvalue weighted by molar-refractivity contribution is 0.256. The van der Waals surface area contributed by atoms with E-state index in [2.05, 4.69) is 74.5 Å². The van der Waals surface area contributed by atoms with Crippen molar-refractivity contribution >= 4 is 33.3 Å². The van der Waals surface area contributed by atoms with Gasteiger partial charge in [-0.2, -0.15) is 0 Å². The van der Waals surface area contributed by atoms with Crippen molar-refractivity contribution in [3.8, 4) is 11.5 Å². The monoisotopic (exact) mass is 508 g/mol. The molecule has 2 aliphatic heterocycles. The Morgan fingerprint density at radius 2 is 1.00 bits per heavy atom. The van der Waals surface area contributed by atoms with Crippen LogP contribution in [-0.2, 0) is 9.47 Å². The Balaban J connectivity index is 1.16.